The van der Waals surface area contributed by atoms with Gasteiger partial charge in [0.2, 0.25) is 0 Å². The van der Waals surface area contributed by atoms with Crippen LogP contribution < -0.4 is 10.6 Å². The number of rotatable bonds is 3. The van der Waals surface area contributed by atoms with E-state index in [1.54, 1.807) is 0 Å². The Hall–Kier alpha value is -1.87. The molecule has 2 heterocycles. The zero-order chi connectivity index (χ0) is 13.9. The Bertz CT molecular complexity index is 574. The SMILES string of the molecule is Cc1nc(N2CCCC2)ccc1C(N)c1ccccc1. The van der Waals surface area contributed by atoms with E-state index in [-0.39, 0.29) is 6.04 Å². The van der Waals surface area contributed by atoms with Crippen LogP contribution in [-0.2, 0) is 0 Å². The largest absolute Gasteiger partial charge is 0.357 e. The number of hydrogen-bond acceptors (Lipinski definition) is 3. The number of anilines is 1. The molecule has 2 aromatic rings. The second-order valence-corrected chi connectivity index (χ2v) is 5.43. The average Bonchev–Trinajstić information content (AvgIpc) is 3.01. The molecule has 0 spiro atoms. The minimum atomic E-state index is -0.101. The topological polar surface area (TPSA) is 42.2 Å². The van der Waals surface area contributed by atoms with Crippen molar-refractivity contribution >= 4 is 5.82 Å². The highest BCUT2D eigenvalue weighted by atomic mass is 15.2. The summed E-state index contributed by atoms with van der Waals surface area (Å²) in [6.45, 7) is 4.30. The lowest BCUT2D eigenvalue weighted by Gasteiger charge is -2.20. The minimum Gasteiger partial charge on any atom is -0.357 e. The first-order chi connectivity index (χ1) is 9.75. The van der Waals surface area contributed by atoms with E-state index in [9.17, 15) is 0 Å². The molecule has 0 radical (unpaired) electrons. The molecular weight excluding hydrogens is 246 g/mol. The molecule has 0 aliphatic carbocycles. The molecule has 3 rings (SSSR count). The maximum absolute atomic E-state index is 6.37. The Morgan fingerprint density at radius 2 is 1.75 bits per heavy atom. The summed E-state index contributed by atoms with van der Waals surface area (Å²) in [4.78, 5) is 7.10. The number of hydrogen-bond donors (Lipinski definition) is 1. The molecule has 1 unspecified atom stereocenters. The summed E-state index contributed by atoms with van der Waals surface area (Å²) in [6, 6.07) is 14.3. The molecule has 2 N–H and O–H groups in total. The molecule has 1 aromatic carbocycles. The summed E-state index contributed by atoms with van der Waals surface area (Å²) < 4.78 is 0. The van der Waals surface area contributed by atoms with Gasteiger partial charge in [-0.25, -0.2) is 4.98 Å². The van der Waals surface area contributed by atoms with E-state index in [0.717, 1.165) is 35.7 Å². The number of benzene rings is 1. The van der Waals surface area contributed by atoms with E-state index in [1.165, 1.54) is 12.8 Å². The Balaban J connectivity index is 1.87. The summed E-state index contributed by atoms with van der Waals surface area (Å²) in [5.41, 5.74) is 9.64. The lowest BCUT2D eigenvalue weighted by atomic mass is 9.98. The molecular formula is C17H21N3. The van der Waals surface area contributed by atoms with Gasteiger partial charge in [0, 0.05) is 18.8 Å². The van der Waals surface area contributed by atoms with E-state index in [1.807, 2.05) is 18.2 Å². The van der Waals surface area contributed by atoms with Gasteiger partial charge in [-0.2, -0.15) is 0 Å². The zero-order valence-electron chi connectivity index (χ0n) is 11.9. The fourth-order valence-corrected chi connectivity index (χ4v) is 2.85. The van der Waals surface area contributed by atoms with Crippen molar-refractivity contribution in [3.05, 3.63) is 59.3 Å². The zero-order valence-corrected chi connectivity index (χ0v) is 11.9. The number of pyridine rings is 1. The summed E-state index contributed by atoms with van der Waals surface area (Å²) >= 11 is 0. The van der Waals surface area contributed by atoms with Crippen molar-refractivity contribution in [1.82, 2.24) is 4.98 Å². The van der Waals surface area contributed by atoms with Gasteiger partial charge < -0.3 is 10.6 Å². The number of aryl methyl sites for hydroxylation is 1. The van der Waals surface area contributed by atoms with Crippen LogP contribution in [0.5, 0.6) is 0 Å². The highest BCUT2D eigenvalue weighted by Crippen LogP contribution is 2.25. The monoisotopic (exact) mass is 267 g/mol. The predicted molar refractivity (Wildman–Crippen MR) is 82.9 cm³/mol. The lowest BCUT2D eigenvalue weighted by Crippen LogP contribution is -2.20. The first-order valence-electron chi connectivity index (χ1n) is 7.29. The molecule has 104 valence electrons. The number of nitrogens with zero attached hydrogens (tertiary/aromatic N) is 2. The van der Waals surface area contributed by atoms with Crippen molar-refractivity contribution in [1.29, 1.82) is 0 Å². The predicted octanol–water partition coefficient (Wildman–Crippen LogP) is 3.04. The van der Waals surface area contributed by atoms with E-state index < -0.39 is 0 Å². The lowest BCUT2D eigenvalue weighted by molar-refractivity contribution is 0.839. The van der Waals surface area contributed by atoms with Gasteiger partial charge in [-0.1, -0.05) is 36.4 Å². The van der Waals surface area contributed by atoms with Gasteiger partial charge in [0.05, 0.1) is 6.04 Å². The summed E-state index contributed by atoms with van der Waals surface area (Å²) in [6.07, 6.45) is 2.54. The molecule has 0 bridgehead atoms. The van der Waals surface area contributed by atoms with Crippen LogP contribution >= 0.6 is 0 Å². The van der Waals surface area contributed by atoms with Crippen LogP contribution in [0.4, 0.5) is 5.82 Å². The van der Waals surface area contributed by atoms with Crippen LogP contribution in [0.1, 0.15) is 35.7 Å². The molecule has 1 fully saturated rings. The third-order valence-corrected chi connectivity index (χ3v) is 4.04. The Labute approximate surface area is 120 Å². The van der Waals surface area contributed by atoms with Crippen LogP contribution in [0, 0.1) is 6.92 Å². The molecule has 1 atom stereocenters. The molecule has 0 amide bonds. The Morgan fingerprint density at radius 3 is 2.40 bits per heavy atom. The van der Waals surface area contributed by atoms with Gasteiger partial charge in [0.1, 0.15) is 5.82 Å². The molecule has 3 nitrogen and oxygen atoms in total. The van der Waals surface area contributed by atoms with Crippen LogP contribution in [-0.4, -0.2) is 18.1 Å². The molecule has 0 saturated carbocycles. The molecule has 1 aliphatic rings. The number of aromatic nitrogens is 1. The third kappa shape index (κ3) is 2.54. The quantitative estimate of drug-likeness (QED) is 0.929. The van der Waals surface area contributed by atoms with Gasteiger partial charge in [0.15, 0.2) is 0 Å². The smallest absolute Gasteiger partial charge is 0.128 e. The van der Waals surface area contributed by atoms with Gasteiger partial charge in [-0.15, -0.1) is 0 Å². The van der Waals surface area contributed by atoms with E-state index in [4.69, 9.17) is 10.7 Å². The standard InChI is InChI=1S/C17H21N3/c1-13-15(17(18)14-7-3-2-4-8-14)9-10-16(19-13)20-11-5-6-12-20/h2-4,7-10,17H,5-6,11-12,18H2,1H3. The van der Waals surface area contributed by atoms with Crippen molar-refractivity contribution in [2.45, 2.75) is 25.8 Å². The fraction of sp³-hybridized carbons (Fsp3) is 0.353. The van der Waals surface area contributed by atoms with Crippen molar-refractivity contribution in [2.24, 2.45) is 5.73 Å². The minimum absolute atomic E-state index is 0.101. The van der Waals surface area contributed by atoms with Gasteiger partial charge in [-0.05, 0) is 37.0 Å². The van der Waals surface area contributed by atoms with Crippen molar-refractivity contribution in [3.63, 3.8) is 0 Å². The molecule has 1 aliphatic heterocycles. The van der Waals surface area contributed by atoms with Crippen LogP contribution in [0.15, 0.2) is 42.5 Å². The normalized spacial score (nSPS) is 16.4. The van der Waals surface area contributed by atoms with Gasteiger partial charge in [-0.3, -0.25) is 0 Å². The van der Waals surface area contributed by atoms with Crippen molar-refractivity contribution in [3.8, 4) is 0 Å². The Kier molecular flexibility index (Phi) is 3.70. The first kappa shape index (κ1) is 13.1. The van der Waals surface area contributed by atoms with Crippen LogP contribution in [0.2, 0.25) is 0 Å². The van der Waals surface area contributed by atoms with Crippen LogP contribution in [0.3, 0.4) is 0 Å². The van der Waals surface area contributed by atoms with E-state index >= 15 is 0 Å². The second kappa shape index (κ2) is 5.63. The highest BCUT2D eigenvalue weighted by molar-refractivity contribution is 5.44. The third-order valence-electron chi connectivity index (χ3n) is 4.04. The van der Waals surface area contributed by atoms with E-state index in [0.29, 0.717) is 0 Å². The average molecular weight is 267 g/mol. The van der Waals surface area contributed by atoms with Gasteiger partial charge in [0.25, 0.3) is 0 Å². The van der Waals surface area contributed by atoms with Gasteiger partial charge >= 0.3 is 0 Å². The summed E-state index contributed by atoms with van der Waals surface area (Å²) in [7, 11) is 0. The van der Waals surface area contributed by atoms with Crippen molar-refractivity contribution < 1.29 is 0 Å². The fourth-order valence-electron chi connectivity index (χ4n) is 2.85. The van der Waals surface area contributed by atoms with Crippen LogP contribution in [0.25, 0.3) is 0 Å². The molecule has 20 heavy (non-hydrogen) atoms. The molecule has 1 saturated heterocycles. The first-order valence-corrected chi connectivity index (χ1v) is 7.29. The Morgan fingerprint density at radius 1 is 1.05 bits per heavy atom. The molecule has 1 aromatic heterocycles. The highest BCUT2D eigenvalue weighted by Gasteiger charge is 2.16. The second-order valence-electron chi connectivity index (χ2n) is 5.43. The molecule has 3 heteroatoms. The van der Waals surface area contributed by atoms with E-state index in [2.05, 4.69) is 36.1 Å². The van der Waals surface area contributed by atoms with Crippen molar-refractivity contribution in [2.75, 3.05) is 18.0 Å². The maximum Gasteiger partial charge on any atom is 0.128 e. The number of nitrogens with two attached hydrogens (primary N) is 1. The summed E-state index contributed by atoms with van der Waals surface area (Å²) in [5, 5.41) is 0. The maximum atomic E-state index is 6.37. The summed E-state index contributed by atoms with van der Waals surface area (Å²) in [5.74, 6) is 1.09.